The van der Waals surface area contributed by atoms with E-state index in [1.165, 1.54) is 0 Å². The van der Waals surface area contributed by atoms with Crippen LogP contribution in [0.4, 0.5) is 5.69 Å². The Labute approximate surface area is 158 Å². The van der Waals surface area contributed by atoms with Crippen molar-refractivity contribution in [2.75, 3.05) is 51.1 Å². The summed E-state index contributed by atoms with van der Waals surface area (Å²) < 4.78 is 10.6. The van der Waals surface area contributed by atoms with Gasteiger partial charge in [0.2, 0.25) is 5.91 Å². The van der Waals surface area contributed by atoms with Gasteiger partial charge in [-0.05, 0) is 36.4 Å². The summed E-state index contributed by atoms with van der Waals surface area (Å²) in [7, 11) is 3.34. The highest BCUT2D eigenvalue weighted by Gasteiger charge is 2.22. The average Bonchev–Trinajstić information content (AvgIpc) is 2.72. The summed E-state index contributed by atoms with van der Waals surface area (Å²) in [5.41, 5.74) is 1.09. The summed E-state index contributed by atoms with van der Waals surface area (Å²) in [6, 6.07) is 15.8. The van der Waals surface area contributed by atoms with Crippen LogP contribution in [0.25, 0.3) is 0 Å². The van der Waals surface area contributed by atoms with Gasteiger partial charge in [-0.15, -0.1) is 11.8 Å². The van der Waals surface area contributed by atoms with E-state index in [9.17, 15) is 4.79 Å². The van der Waals surface area contributed by atoms with E-state index in [-0.39, 0.29) is 5.91 Å². The van der Waals surface area contributed by atoms with E-state index in [2.05, 4.69) is 11.0 Å². The molecule has 0 bridgehead atoms. The normalized spacial score (nSPS) is 14.2. The number of rotatable bonds is 6. The highest BCUT2D eigenvalue weighted by atomic mass is 32.2. The molecule has 26 heavy (non-hydrogen) atoms. The minimum absolute atomic E-state index is 0.186. The van der Waals surface area contributed by atoms with Crippen LogP contribution in [0.1, 0.15) is 0 Å². The van der Waals surface area contributed by atoms with Gasteiger partial charge in [0.05, 0.1) is 25.7 Å². The molecule has 1 aliphatic rings. The molecule has 1 fully saturated rings. The summed E-state index contributed by atoms with van der Waals surface area (Å²) in [5, 5.41) is 0. The van der Waals surface area contributed by atoms with E-state index in [1.54, 1.807) is 26.0 Å². The molecule has 5 nitrogen and oxygen atoms in total. The Kier molecular flexibility index (Phi) is 6.28. The molecule has 1 aliphatic heterocycles. The van der Waals surface area contributed by atoms with Gasteiger partial charge in [-0.25, -0.2) is 0 Å². The van der Waals surface area contributed by atoms with Crippen LogP contribution in [0.3, 0.4) is 0 Å². The van der Waals surface area contributed by atoms with Crippen LogP contribution in [-0.4, -0.2) is 57.0 Å². The topological polar surface area (TPSA) is 42.0 Å². The number of benzene rings is 2. The Bertz CT molecular complexity index is 728. The van der Waals surface area contributed by atoms with Gasteiger partial charge in [-0.2, -0.15) is 0 Å². The Balaban J connectivity index is 1.50. The van der Waals surface area contributed by atoms with Crippen LogP contribution in [0.2, 0.25) is 0 Å². The number of anilines is 1. The molecule has 0 saturated carbocycles. The Morgan fingerprint density at radius 1 is 0.962 bits per heavy atom. The predicted molar refractivity (Wildman–Crippen MR) is 106 cm³/mol. The van der Waals surface area contributed by atoms with Crippen LogP contribution < -0.4 is 14.4 Å². The maximum atomic E-state index is 12.5. The fraction of sp³-hybridized carbons (Fsp3) is 0.350. The quantitative estimate of drug-likeness (QED) is 0.729. The number of carbonyl (C=O) groups is 1. The number of para-hydroxylation sites is 2. The van der Waals surface area contributed by atoms with Crippen molar-refractivity contribution in [1.82, 2.24) is 4.90 Å². The molecular weight excluding hydrogens is 348 g/mol. The molecule has 6 heteroatoms. The zero-order chi connectivity index (χ0) is 18.4. The summed E-state index contributed by atoms with van der Waals surface area (Å²) in [4.78, 5) is 17.8. The van der Waals surface area contributed by atoms with Gasteiger partial charge in [0, 0.05) is 31.1 Å². The highest BCUT2D eigenvalue weighted by Crippen LogP contribution is 2.28. The molecule has 0 N–H and O–H groups in total. The third-order valence-electron chi connectivity index (χ3n) is 4.48. The number of thioether (sulfide) groups is 1. The molecule has 1 heterocycles. The van der Waals surface area contributed by atoms with E-state index in [0.29, 0.717) is 5.75 Å². The maximum absolute atomic E-state index is 12.5. The molecular formula is C20H24N2O3S. The van der Waals surface area contributed by atoms with Crippen molar-refractivity contribution >= 4 is 23.4 Å². The lowest BCUT2D eigenvalue weighted by atomic mass is 10.2. The van der Waals surface area contributed by atoms with Gasteiger partial charge in [-0.3, -0.25) is 4.79 Å². The lowest BCUT2D eigenvalue weighted by molar-refractivity contribution is -0.128. The van der Waals surface area contributed by atoms with E-state index >= 15 is 0 Å². The summed E-state index contributed by atoms with van der Waals surface area (Å²) in [5.74, 6) is 2.35. The second-order valence-electron chi connectivity index (χ2n) is 6.00. The van der Waals surface area contributed by atoms with Crippen molar-refractivity contribution in [2.24, 2.45) is 0 Å². The SMILES string of the molecule is COc1ccc(SCC(=O)N2CCN(c3ccccc3OC)CC2)cc1. The zero-order valence-electron chi connectivity index (χ0n) is 15.2. The summed E-state index contributed by atoms with van der Waals surface area (Å²) in [6.07, 6.45) is 0. The molecule has 0 radical (unpaired) electrons. The number of nitrogens with zero attached hydrogens (tertiary/aromatic N) is 2. The molecule has 3 rings (SSSR count). The maximum Gasteiger partial charge on any atom is 0.233 e. The number of methoxy groups -OCH3 is 2. The number of amides is 1. The van der Waals surface area contributed by atoms with Gasteiger partial charge in [0.1, 0.15) is 11.5 Å². The average molecular weight is 372 g/mol. The van der Waals surface area contributed by atoms with Gasteiger partial charge >= 0.3 is 0 Å². The summed E-state index contributed by atoms with van der Waals surface area (Å²) >= 11 is 1.56. The van der Waals surface area contributed by atoms with Crippen molar-refractivity contribution in [2.45, 2.75) is 4.90 Å². The first-order valence-corrected chi connectivity index (χ1v) is 9.62. The van der Waals surface area contributed by atoms with E-state index in [4.69, 9.17) is 9.47 Å². The fourth-order valence-corrected chi connectivity index (χ4v) is 3.80. The van der Waals surface area contributed by atoms with Crippen molar-refractivity contribution < 1.29 is 14.3 Å². The monoisotopic (exact) mass is 372 g/mol. The highest BCUT2D eigenvalue weighted by molar-refractivity contribution is 8.00. The van der Waals surface area contributed by atoms with Crippen molar-refractivity contribution in [3.63, 3.8) is 0 Å². The number of piperazine rings is 1. The van der Waals surface area contributed by atoms with Crippen molar-refractivity contribution in [3.05, 3.63) is 48.5 Å². The first-order chi connectivity index (χ1) is 12.7. The lowest BCUT2D eigenvalue weighted by Crippen LogP contribution is -2.49. The predicted octanol–water partition coefficient (Wildman–Crippen LogP) is 3.14. The molecule has 1 amide bonds. The third kappa shape index (κ3) is 4.43. The first-order valence-electron chi connectivity index (χ1n) is 8.64. The molecule has 0 aromatic heterocycles. The smallest absolute Gasteiger partial charge is 0.233 e. The van der Waals surface area contributed by atoms with Crippen LogP contribution in [0.15, 0.2) is 53.4 Å². The largest absolute Gasteiger partial charge is 0.497 e. The number of ether oxygens (including phenoxy) is 2. The van der Waals surface area contributed by atoms with E-state index in [1.807, 2.05) is 47.4 Å². The molecule has 2 aromatic carbocycles. The Morgan fingerprint density at radius 3 is 2.31 bits per heavy atom. The minimum atomic E-state index is 0.186. The van der Waals surface area contributed by atoms with E-state index in [0.717, 1.165) is 48.3 Å². The van der Waals surface area contributed by atoms with Crippen LogP contribution in [-0.2, 0) is 4.79 Å². The molecule has 0 atom stereocenters. The van der Waals surface area contributed by atoms with Gasteiger partial charge in [0.25, 0.3) is 0 Å². The molecule has 0 unspecified atom stereocenters. The second-order valence-corrected chi connectivity index (χ2v) is 7.05. The molecule has 1 saturated heterocycles. The molecule has 0 aliphatic carbocycles. The molecule has 138 valence electrons. The van der Waals surface area contributed by atoms with Crippen LogP contribution >= 0.6 is 11.8 Å². The van der Waals surface area contributed by atoms with Gasteiger partial charge in [-0.1, -0.05) is 12.1 Å². The number of hydrogen-bond acceptors (Lipinski definition) is 5. The molecule has 0 spiro atoms. The minimum Gasteiger partial charge on any atom is -0.497 e. The molecule has 2 aromatic rings. The van der Waals surface area contributed by atoms with Gasteiger partial charge < -0.3 is 19.3 Å². The van der Waals surface area contributed by atoms with E-state index < -0.39 is 0 Å². The number of carbonyl (C=O) groups excluding carboxylic acids is 1. The van der Waals surface area contributed by atoms with Crippen LogP contribution in [0.5, 0.6) is 11.5 Å². The fourth-order valence-electron chi connectivity index (χ4n) is 3.00. The zero-order valence-corrected chi connectivity index (χ0v) is 16.0. The Hall–Kier alpha value is -2.34. The second kappa shape index (κ2) is 8.85. The van der Waals surface area contributed by atoms with Gasteiger partial charge in [0.15, 0.2) is 0 Å². The van der Waals surface area contributed by atoms with Crippen LogP contribution in [0, 0.1) is 0 Å². The first kappa shape index (κ1) is 18.5. The summed E-state index contributed by atoms with van der Waals surface area (Å²) in [6.45, 7) is 3.11. The Morgan fingerprint density at radius 2 is 1.65 bits per heavy atom. The third-order valence-corrected chi connectivity index (χ3v) is 5.48. The lowest BCUT2D eigenvalue weighted by Gasteiger charge is -2.36. The standard InChI is InChI=1S/C20H24N2O3S/c1-24-16-7-9-17(10-8-16)26-15-20(23)22-13-11-21(12-14-22)18-5-3-4-6-19(18)25-2/h3-10H,11-15H2,1-2H3. The van der Waals surface area contributed by atoms with Crippen molar-refractivity contribution in [1.29, 1.82) is 0 Å². The number of hydrogen-bond donors (Lipinski definition) is 0. The van der Waals surface area contributed by atoms with Crippen molar-refractivity contribution in [3.8, 4) is 11.5 Å².